The highest BCUT2D eigenvalue weighted by Gasteiger charge is 2.24. The molecule has 1 aromatic heterocycles. The average molecular weight is 209 g/mol. The SMILES string of the molecule is CC(NC(=O)[C@@H]1CCCO1)c1cn[nH]c1. The van der Waals surface area contributed by atoms with Gasteiger partial charge in [-0.05, 0) is 19.8 Å². The Morgan fingerprint density at radius 2 is 2.67 bits per heavy atom. The van der Waals surface area contributed by atoms with Crippen LogP contribution in [0.25, 0.3) is 0 Å². The molecule has 2 heterocycles. The highest BCUT2D eigenvalue weighted by molar-refractivity contribution is 5.81. The first-order chi connectivity index (χ1) is 7.27. The number of carbonyl (C=O) groups is 1. The number of H-pyrrole nitrogens is 1. The number of amides is 1. The van der Waals surface area contributed by atoms with E-state index >= 15 is 0 Å². The topological polar surface area (TPSA) is 67.0 Å². The first-order valence-electron chi connectivity index (χ1n) is 5.18. The summed E-state index contributed by atoms with van der Waals surface area (Å²) in [6.45, 7) is 2.62. The van der Waals surface area contributed by atoms with Crippen molar-refractivity contribution in [1.82, 2.24) is 15.5 Å². The van der Waals surface area contributed by atoms with Crippen molar-refractivity contribution >= 4 is 5.91 Å². The van der Waals surface area contributed by atoms with Gasteiger partial charge in [0, 0.05) is 18.4 Å². The monoisotopic (exact) mass is 209 g/mol. The molecule has 1 aliphatic heterocycles. The molecule has 0 aromatic carbocycles. The molecule has 1 amide bonds. The van der Waals surface area contributed by atoms with Crippen molar-refractivity contribution < 1.29 is 9.53 Å². The van der Waals surface area contributed by atoms with Crippen molar-refractivity contribution in [3.63, 3.8) is 0 Å². The minimum atomic E-state index is -0.264. The van der Waals surface area contributed by atoms with Gasteiger partial charge in [0.15, 0.2) is 0 Å². The Labute approximate surface area is 88.2 Å². The van der Waals surface area contributed by atoms with Gasteiger partial charge in [-0.1, -0.05) is 0 Å². The predicted octanol–water partition coefficient (Wildman–Crippen LogP) is 0.766. The molecule has 1 unspecified atom stereocenters. The quantitative estimate of drug-likeness (QED) is 0.772. The summed E-state index contributed by atoms with van der Waals surface area (Å²) in [5.41, 5.74) is 0.973. The van der Waals surface area contributed by atoms with Gasteiger partial charge in [0.1, 0.15) is 6.10 Å². The molecular formula is C10H15N3O2. The van der Waals surface area contributed by atoms with E-state index < -0.39 is 0 Å². The van der Waals surface area contributed by atoms with E-state index in [9.17, 15) is 4.79 Å². The minimum absolute atomic E-state index is 0.0267. The molecule has 1 aromatic rings. The Bertz CT molecular complexity index is 317. The molecule has 0 bridgehead atoms. The fourth-order valence-electron chi connectivity index (χ4n) is 1.67. The van der Waals surface area contributed by atoms with Gasteiger partial charge in [-0.25, -0.2) is 0 Å². The first kappa shape index (κ1) is 10.2. The maximum absolute atomic E-state index is 11.7. The summed E-state index contributed by atoms with van der Waals surface area (Å²) in [6.07, 6.45) is 5.02. The smallest absolute Gasteiger partial charge is 0.249 e. The molecule has 1 saturated heterocycles. The van der Waals surface area contributed by atoms with E-state index in [4.69, 9.17) is 4.74 Å². The van der Waals surface area contributed by atoms with Gasteiger partial charge in [-0.2, -0.15) is 5.10 Å². The molecule has 0 aliphatic carbocycles. The number of hydrogen-bond donors (Lipinski definition) is 2. The predicted molar refractivity (Wildman–Crippen MR) is 54.1 cm³/mol. The number of hydrogen-bond acceptors (Lipinski definition) is 3. The van der Waals surface area contributed by atoms with Crippen LogP contribution in [0, 0.1) is 0 Å². The first-order valence-corrected chi connectivity index (χ1v) is 5.18. The van der Waals surface area contributed by atoms with Crippen molar-refractivity contribution in [2.45, 2.75) is 31.9 Å². The van der Waals surface area contributed by atoms with Gasteiger partial charge in [0.25, 0.3) is 0 Å². The largest absolute Gasteiger partial charge is 0.368 e. The number of nitrogens with zero attached hydrogens (tertiary/aromatic N) is 1. The molecule has 82 valence electrons. The lowest BCUT2D eigenvalue weighted by Crippen LogP contribution is -2.35. The van der Waals surface area contributed by atoms with E-state index in [2.05, 4.69) is 15.5 Å². The van der Waals surface area contributed by atoms with Crippen molar-refractivity contribution in [3.05, 3.63) is 18.0 Å². The summed E-state index contributed by atoms with van der Waals surface area (Å²) in [7, 11) is 0. The Balaban J connectivity index is 1.88. The second kappa shape index (κ2) is 4.44. The van der Waals surface area contributed by atoms with Crippen molar-refractivity contribution in [2.75, 3.05) is 6.61 Å². The Morgan fingerprint density at radius 1 is 1.80 bits per heavy atom. The maximum Gasteiger partial charge on any atom is 0.249 e. The van der Waals surface area contributed by atoms with Crippen LogP contribution >= 0.6 is 0 Å². The highest BCUT2D eigenvalue weighted by Crippen LogP contribution is 2.15. The molecule has 0 saturated carbocycles. The summed E-state index contributed by atoms with van der Waals surface area (Å²) >= 11 is 0. The fourth-order valence-corrected chi connectivity index (χ4v) is 1.67. The van der Waals surface area contributed by atoms with Gasteiger partial charge in [-0.15, -0.1) is 0 Å². The molecule has 0 radical (unpaired) electrons. The van der Waals surface area contributed by atoms with E-state index in [0.717, 1.165) is 18.4 Å². The zero-order valence-electron chi connectivity index (χ0n) is 8.69. The van der Waals surface area contributed by atoms with E-state index in [1.165, 1.54) is 0 Å². The van der Waals surface area contributed by atoms with E-state index in [1.807, 2.05) is 6.92 Å². The van der Waals surface area contributed by atoms with Crippen LogP contribution in [0.3, 0.4) is 0 Å². The fraction of sp³-hybridized carbons (Fsp3) is 0.600. The van der Waals surface area contributed by atoms with Crippen LogP contribution in [0.5, 0.6) is 0 Å². The summed E-state index contributed by atoms with van der Waals surface area (Å²) < 4.78 is 5.30. The lowest BCUT2D eigenvalue weighted by molar-refractivity contribution is -0.130. The van der Waals surface area contributed by atoms with Crippen LogP contribution in [-0.2, 0) is 9.53 Å². The standard InChI is InChI=1S/C10H15N3O2/c1-7(8-5-11-12-6-8)13-10(14)9-3-2-4-15-9/h5-7,9H,2-4H2,1H3,(H,11,12)(H,13,14)/t7?,9-/m0/s1. The van der Waals surface area contributed by atoms with Gasteiger partial charge in [-0.3, -0.25) is 9.89 Å². The van der Waals surface area contributed by atoms with Crippen LogP contribution in [0.1, 0.15) is 31.4 Å². The second-order valence-electron chi connectivity index (χ2n) is 3.76. The van der Waals surface area contributed by atoms with E-state index in [-0.39, 0.29) is 18.1 Å². The number of ether oxygens (including phenoxy) is 1. The van der Waals surface area contributed by atoms with Crippen molar-refractivity contribution in [2.24, 2.45) is 0 Å². The van der Waals surface area contributed by atoms with Gasteiger partial charge >= 0.3 is 0 Å². The van der Waals surface area contributed by atoms with Crippen molar-refractivity contribution in [3.8, 4) is 0 Å². The number of nitrogens with one attached hydrogen (secondary N) is 2. The molecule has 2 N–H and O–H groups in total. The van der Waals surface area contributed by atoms with Gasteiger partial charge in [0.05, 0.1) is 12.2 Å². The number of rotatable bonds is 3. The molecule has 15 heavy (non-hydrogen) atoms. The van der Waals surface area contributed by atoms with Crippen LogP contribution in [0.4, 0.5) is 0 Å². The molecule has 5 heteroatoms. The minimum Gasteiger partial charge on any atom is -0.368 e. The third kappa shape index (κ3) is 2.36. The Hall–Kier alpha value is -1.36. The van der Waals surface area contributed by atoms with Crippen LogP contribution in [-0.4, -0.2) is 28.8 Å². The third-order valence-corrected chi connectivity index (χ3v) is 2.60. The average Bonchev–Trinajstić information content (AvgIpc) is 2.91. The van der Waals surface area contributed by atoms with E-state index in [0.29, 0.717) is 6.61 Å². The normalized spacial score (nSPS) is 22.6. The highest BCUT2D eigenvalue weighted by atomic mass is 16.5. The lowest BCUT2D eigenvalue weighted by Gasteiger charge is -2.15. The Morgan fingerprint density at radius 3 is 3.27 bits per heavy atom. The second-order valence-corrected chi connectivity index (χ2v) is 3.76. The van der Waals surface area contributed by atoms with E-state index in [1.54, 1.807) is 12.4 Å². The molecule has 0 spiro atoms. The maximum atomic E-state index is 11.7. The molecular weight excluding hydrogens is 194 g/mol. The lowest BCUT2D eigenvalue weighted by atomic mass is 10.1. The molecule has 1 fully saturated rings. The summed E-state index contributed by atoms with van der Waals surface area (Å²) in [5, 5.41) is 9.46. The third-order valence-electron chi connectivity index (χ3n) is 2.60. The molecule has 1 aliphatic rings. The molecule has 5 nitrogen and oxygen atoms in total. The van der Waals surface area contributed by atoms with Crippen LogP contribution in [0.2, 0.25) is 0 Å². The number of aromatic nitrogens is 2. The molecule has 2 atom stereocenters. The van der Waals surface area contributed by atoms with Gasteiger partial charge < -0.3 is 10.1 Å². The van der Waals surface area contributed by atoms with Crippen LogP contribution < -0.4 is 5.32 Å². The summed E-state index contributed by atoms with van der Waals surface area (Å²) in [5.74, 6) is -0.0267. The Kier molecular flexibility index (Phi) is 3.01. The number of aromatic amines is 1. The zero-order valence-corrected chi connectivity index (χ0v) is 8.69. The summed E-state index contributed by atoms with van der Waals surface area (Å²) in [4.78, 5) is 11.7. The molecule has 2 rings (SSSR count). The van der Waals surface area contributed by atoms with Crippen LogP contribution in [0.15, 0.2) is 12.4 Å². The summed E-state index contributed by atoms with van der Waals surface area (Å²) in [6, 6.07) is -0.0274. The zero-order chi connectivity index (χ0) is 10.7. The van der Waals surface area contributed by atoms with Gasteiger partial charge in [0.2, 0.25) is 5.91 Å². The van der Waals surface area contributed by atoms with Crippen molar-refractivity contribution in [1.29, 1.82) is 0 Å². The number of carbonyl (C=O) groups excluding carboxylic acids is 1.